The second-order valence-electron chi connectivity index (χ2n) is 4.33. The van der Waals surface area contributed by atoms with Crippen molar-refractivity contribution in [3.8, 4) is 5.75 Å². The number of ether oxygens (including phenoxy) is 3. The molecular weight excluding hydrogens is 265 g/mol. The van der Waals surface area contributed by atoms with E-state index in [1.165, 1.54) is 13.2 Å². The van der Waals surface area contributed by atoms with E-state index in [-0.39, 0.29) is 17.9 Å². The highest BCUT2D eigenvalue weighted by Crippen LogP contribution is 2.29. The Hall–Kier alpha value is -1.82. The predicted molar refractivity (Wildman–Crippen MR) is 71.9 cm³/mol. The number of morpholine rings is 1. The Kier molecular flexibility index (Phi) is 4.79. The average molecular weight is 283 g/mol. The van der Waals surface area contributed by atoms with Crippen molar-refractivity contribution in [1.82, 2.24) is 0 Å². The molecule has 0 N–H and O–H groups in total. The maximum absolute atomic E-state index is 14.1. The van der Waals surface area contributed by atoms with E-state index in [0.717, 1.165) is 0 Å². The van der Waals surface area contributed by atoms with E-state index in [9.17, 15) is 9.18 Å². The van der Waals surface area contributed by atoms with E-state index in [2.05, 4.69) is 0 Å². The molecule has 0 unspecified atom stereocenters. The molecule has 5 nitrogen and oxygen atoms in total. The molecule has 6 heteroatoms. The molecule has 0 radical (unpaired) electrons. The Labute approximate surface area is 117 Å². The predicted octanol–water partition coefficient (Wildman–Crippen LogP) is 1.85. The fraction of sp³-hybridized carbons (Fsp3) is 0.500. The fourth-order valence-corrected chi connectivity index (χ4v) is 2.15. The van der Waals surface area contributed by atoms with Crippen molar-refractivity contribution in [1.29, 1.82) is 0 Å². The number of anilines is 1. The summed E-state index contributed by atoms with van der Waals surface area (Å²) in [5.74, 6) is -1.24. The Morgan fingerprint density at radius 1 is 1.40 bits per heavy atom. The van der Waals surface area contributed by atoms with Crippen LogP contribution in [0.5, 0.6) is 5.75 Å². The lowest BCUT2D eigenvalue weighted by Gasteiger charge is -2.29. The molecule has 0 spiro atoms. The van der Waals surface area contributed by atoms with E-state index in [4.69, 9.17) is 14.2 Å². The molecule has 1 aliphatic rings. The summed E-state index contributed by atoms with van der Waals surface area (Å²) >= 11 is 0. The van der Waals surface area contributed by atoms with Gasteiger partial charge in [-0.2, -0.15) is 0 Å². The number of halogens is 1. The quantitative estimate of drug-likeness (QED) is 0.789. The minimum Gasteiger partial charge on any atom is -0.493 e. The number of hydrogen-bond acceptors (Lipinski definition) is 5. The molecule has 0 amide bonds. The van der Waals surface area contributed by atoms with Gasteiger partial charge in [0.2, 0.25) is 0 Å². The second kappa shape index (κ2) is 6.56. The van der Waals surface area contributed by atoms with Crippen LogP contribution in [0.3, 0.4) is 0 Å². The van der Waals surface area contributed by atoms with E-state index in [1.54, 1.807) is 13.0 Å². The summed E-state index contributed by atoms with van der Waals surface area (Å²) < 4.78 is 29.2. The van der Waals surface area contributed by atoms with Gasteiger partial charge in [-0.15, -0.1) is 0 Å². The number of carbonyl (C=O) groups is 1. The van der Waals surface area contributed by atoms with Crippen LogP contribution < -0.4 is 9.64 Å². The van der Waals surface area contributed by atoms with E-state index < -0.39 is 11.8 Å². The smallest absolute Gasteiger partial charge is 0.342 e. The summed E-state index contributed by atoms with van der Waals surface area (Å²) in [6.45, 7) is 4.42. The van der Waals surface area contributed by atoms with E-state index >= 15 is 0 Å². The number of hydrogen-bond donors (Lipinski definition) is 0. The van der Waals surface area contributed by atoms with Gasteiger partial charge in [0.15, 0.2) is 11.6 Å². The first-order valence-electron chi connectivity index (χ1n) is 6.54. The highest BCUT2D eigenvalue weighted by atomic mass is 19.1. The van der Waals surface area contributed by atoms with Gasteiger partial charge in [0.1, 0.15) is 5.56 Å². The van der Waals surface area contributed by atoms with Crippen LogP contribution in [0.1, 0.15) is 17.3 Å². The third-order valence-corrected chi connectivity index (χ3v) is 3.10. The van der Waals surface area contributed by atoms with Crippen LogP contribution in [0.25, 0.3) is 0 Å². The molecule has 20 heavy (non-hydrogen) atoms. The van der Waals surface area contributed by atoms with Crippen LogP contribution >= 0.6 is 0 Å². The van der Waals surface area contributed by atoms with Gasteiger partial charge >= 0.3 is 5.97 Å². The van der Waals surface area contributed by atoms with Gasteiger partial charge in [0.25, 0.3) is 0 Å². The molecule has 0 saturated carbocycles. The summed E-state index contributed by atoms with van der Waals surface area (Å²) in [6, 6.07) is 2.97. The molecule has 1 aromatic rings. The minimum absolute atomic E-state index is 0.0829. The molecule has 0 atom stereocenters. The lowest BCUT2D eigenvalue weighted by atomic mass is 10.1. The summed E-state index contributed by atoms with van der Waals surface area (Å²) in [5, 5.41) is 0. The van der Waals surface area contributed by atoms with Crippen molar-refractivity contribution in [3.05, 3.63) is 23.5 Å². The fourth-order valence-electron chi connectivity index (χ4n) is 2.15. The van der Waals surface area contributed by atoms with Crippen LogP contribution in [0.15, 0.2) is 12.1 Å². The van der Waals surface area contributed by atoms with Crippen molar-refractivity contribution in [2.24, 2.45) is 0 Å². The minimum atomic E-state index is -0.585. The molecule has 0 aliphatic carbocycles. The van der Waals surface area contributed by atoms with Gasteiger partial charge in [0, 0.05) is 24.8 Å². The normalized spacial score (nSPS) is 15.1. The second-order valence-corrected chi connectivity index (χ2v) is 4.33. The van der Waals surface area contributed by atoms with Gasteiger partial charge in [-0.05, 0) is 13.0 Å². The standard InChI is InChI=1S/C14H18FNO4/c1-3-20-14(17)11-8-10(9-12(15)13(11)18-2)16-4-6-19-7-5-16/h8-9H,3-7H2,1-2H3. The van der Waals surface area contributed by atoms with Gasteiger partial charge in [-0.3, -0.25) is 0 Å². The van der Waals surface area contributed by atoms with Gasteiger partial charge in [-0.25, -0.2) is 9.18 Å². The Balaban J connectivity index is 2.37. The number of esters is 1. The monoisotopic (exact) mass is 283 g/mol. The van der Waals surface area contributed by atoms with Crippen LogP contribution in [-0.2, 0) is 9.47 Å². The average Bonchev–Trinajstić information content (AvgIpc) is 2.47. The molecule has 1 aliphatic heterocycles. The number of benzene rings is 1. The number of methoxy groups -OCH3 is 1. The maximum Gasteiger partial charge on any atom is 0.342 e. The van der Waals surface area contributed by atoms with Crippen molar-refractivity contribution in [3.63, 3.8) is 0 Å². The number of rotatable bonds is 4. The van der Waals surface area contributed by atoms with E-state index in [1.807, 2.05) is 4.90 Å². The van der Waals surface area contributed by atoms with Crippen molar-refractivity contribution >= 4 is 11.7 Å². The molecule has 1 fully saturated rings. The van der Waals surface area contributed by atoms with Gasteiger partial charge in [-0.1, -0.05) is 0 Å². The van der Waals surface area contributed by atoms with Crippen LogP contribution in [0.2, 0.25) is 0 Å². The summed E-state index contributed by atoms with van der Waals surface area (Å²) in [7, 11) is 1.33. The van der Waals surface area contributed by atoms with E-state index in [0.29, 0.717) is 32.0 Å². The Morgan fingerprint density at radius 3 is 2.70 bits per heavy atom. The summed E-state index contributed by atoms with van der Waals surface area (Å²) in [6.07, 6.45) is 0. The highest BCUT2D eigenvalue weighted by molar-refractivity contribution is 5.94. The first-order chi connectivity index (χ1) is 9.67. The number of carbonyl (C=O) groups excluding carboxylic acids is 1. The summed E-state index contributed by atoms with van der Waals surface area (Å²) in [4.78, 5) is 13.9. The van der Waals surface area contributed by atoms with Crippen LogP contribution in [0, 0.1) is 5.82 Å². The summed E-state index contributed by atoms with van der Waals surface area (Å²) in [5.41, 5.74) is 0.741. The van der Waals surface area contributed by atoms with Crippen LogP contribution in [-0.4, -0.2) is 46.0 Å². The topological polar surface area (TPSA) is 48.0 Å². The largest absolute Gasteiger partial charge is 0.493 e. The first kappa shape index (κ1) is 14.6. The zero-order valence-corrected chi connectivity index (χ0v) is 11.6. The van der Waals surface area contributed by atoms with Crippen molar-refractivity contribution in [2.75, 3.05) is 44.9 Å². The molecular formula is C14H18FNO4. The molecule has 110 valence electrons. The molecule has 1 heterocycles. The van der Waals surface area contributed by atoms with Gasteiger partial charge in [0.05, 0.1) is 26.9 Å². The molecule has 2 rings (SSSR count). The Morgan fingerprint density at radius 2 is 2.10 bits per heavy atom. The lowest BCUT2D eigenvalue weighted by Crippen LogP contribution is -2.36. The van der Waals surface area contributed by atoms with Crippen molar-refractivity contribution in [2.45, 2.75) is 6.92 Å². The third kappa shape index (κ3) is 3.01. The SMILES string of the molecule is CCOC(=O)c1cc(N2CCOCC2)cc(F)c1OC. The first-order valence-corrected chi connectivity index (χ1v) is 6.54. The number of nitrogens with zero attached hydrogens (tertiary/aromatic N) is 1. The Bertz CT molecular complexity index is 486. The molecule has 0 bridgehead atoms. The highest BCUT2D eigenvalue weighted by Gasteiger charge is 2.22. The zero-order chi connectivity index (χ0) is 14.5. The molecule has 1 aromatic carbocycles. The van der Waals surface area contributed by atoms with Gasteiger partial charge < -0.3 is 19.1 Å². The van der Waals surface area contributed by atoms with Crippen LogP contribution in [0.4, 0.5) is 10.1 Å². The third-order valence-electron chi connectivity index (χ3n) is 3.10. The zero-order valence-electron chi connectivity index (χ0n) is 11.6. The van der Waals surface area contributed by atoms with Crippen molar-refractivity contribution < 1.29 is 23.4 Å². The lowest BCUT2D eigenvalue weighted by molar-refractivity contribution is 0.0521. The molecule has 1 saturated heterocycles. The molecule has 0 aromatic heterocycles. The maximum atomic E-state index is 14.1.